The SMILES string of the molecule is Cc1cccc(NCC(=O)c2ccc(O)c(O)c2)c1. The van der Waals surface area contributed by atoms with Crippen LogP contribution in [-0.2, 0) is 0 Å². The van der Waals surface area contributed by atoms with E-state index in [1.54, 1.807) is 0 Å². The molecule has 0 heterocycles. The van der Waals surface area contributed by atoms with Crippen molar-refractivity contribution in [3.05, 3.63) is 53.6 Å². The summed E-state index contributed by atoms with van der Waals surface area (Å²) in [6.07, 6.45) is 0. The Morgan fingerprint density at radius 2 is 1.89 bits per heavy atom. The number of aromatic hydroxyl groups is 2. The summed E-state index contributed by atoms with van der Waals surface area (Å²) in [4.78, 5) is 11.9. The zero-order valence-corrected chi connectivity index (χ0v) is 10.6. The average Bonchev–Trinajstić information content (AvgIpc) is 2.39. The highest BCUT2D eigenvalue weighted by atomic mass is 16.3. The van der Waals surface area contributed by atoms with E-state index in [0.717, 1.165) is 11.3 Å². The highest BCUT2D eigenvalue weighted by molar-refractivity contribution is 5.99. The molecule has 0 saturated heterocycles. The van der Waals surface area contributed by atoms with Gasteiger partial charge in [-0.25, -0.2) is 0 Å². The third kappa shape index (κ3) is 3.25. The Morgan fingerprint density at radius 3 is 2.58 bits per heavy atom. The van der Waals surface area contributed by atoms with Gasteiger partial charge in [0.2, 0.25) is 0 Å². The molecule has 2 rings (SSSR count). The molecule has 0 amide bonds. The smallest absolute Gasteiger partial charge is 0.181 e. The minimum atomic E-state index is -0.290. The van der Waals surface area contributed by atoms with E-state index in [1.165, 1.54) is 18.2 Å². The molecule has 19 heavy (non-hydrogen) atoms. The summed E-state index contributed by atoms with van der Waals surface area (Å²) in [5, 5.41) is 21.6. The average molecular weight is 257 g/mol. The van der Waals surface area contributed by atoms with Crippen molar-refractivity contribution in [2.45, 2.75) is 6.92 Å². The highest BCUT2D eigenvalue weighted by Gasteiger charge is 2.08. The van der Waals surface area contributed by atoms with Crippen molar-refractivity contribution in [1.82, 2.24) is 0 Å². The fraction of sp³-hybridized carbons (Fsp3) is 0.133. The van der Waals surface area contributed by atoms with E-state index in [0.29, 0.717) is 5.56 Å². The first kappa shape index (κ1) is 13.0. The number of hydrogen-bond acceptors (Lipinski definition) is 4. The second-order valence-electron chi connectivity index (χ2n) is 4.35. The summed E-state index contributed by atoms with van der Waals surface area (Å²) >= 11 is 0. The minimum Gasteiger partial charge on any atom is -0.504 e. The maximum atomic E-state index is 11.9. The summed E-state index contributed by atoms with van der Waals surface area (Å²) in [6.45, 7) is 2.11. The number of anilines is 1. The van der Waals surface area contributed by atoms with Gasteiger partial charge in [0.15, 0.2) is 17.3 Å². The zero-order valence-electron chi connectivity index (χ0n) is 10.6. The summed E-state index contributed by atoms with van der Waals surface area (Å²) in [5.74, 6) is -0.679. The molecule has 0 bridgehead atoms. The topological polar surface area (TPSA) is 69.6 Å². The second-order valence-corrected chi connectivity index (χ2v) is 4.35. The summed E-state index contributed by atoms with van der Waals surface area (Å²) < 4.78 is 0. The third-order valence-electron chi connectivity index (χ3n) is 2.77. The van der Waals surface area contributed by atoms with Crippen LogP contribution in [0.5, 0.6) is 11.5 Å². The molecule has 0 unspecified atom stereocenters. The molecule has 4 nitrogen and oxygen atoms in total. The normalized spacial score (nSPS) is 10.2. The first-order valence-corrected chi connectivity index (χ1v) is 5.92. The molecule has 4 heteroatoms. The number of carbonyl (C=O) groups excluding carboxylic acids is 1. The molecular weight excluding hydrogens is 242 g/mol. The molecule has 0 aliphatic heterocycles. The predicted molar refractivity (Wildman–Crippen MR) is 73.8 cm³/mol. The van der Waals surface area contributed by atoms with Crippen LogP contribution in [0.2, 0.25) is 0 Å². The van der Waals surface area contributed by atoms with Gasteiger partial charge < -0.3 is 15.5 Å². The number of Topliss-reactive ketones (excluding diaryl/α,β-unsaturated/α-hetero) is 1. The molecule has 0 fully saturated rings. The van der Waals surface area contributed by atoms with Crippen molar-refractivity contribution in [2.75, 3.05) is 11.9 Å². The van der Waals surface area contributed by atoms with Crippen LogP contribution < -0.4 is 5.32 Å². The van der Waals surface area contributed by atoms with Gasteiger partial charge in [0.1, 0.15) is 0 Å². The van der Waals surface area contributed by atoms with Gasteiger partial charge in [0.05, 0.1) is 6.54 Å². The van der Waals surface area contributed by atoms with Crippen molar-refractivity contribution in [2.24, 2.45) is 0 Å². The van der Waals surface area contributed by atoms with Crippen LogP contribution in [-0.4, -0.2) is 22.5 Å². The van der Waals surface area contributed by atoms with Crippen molar-refractivity contribution < 1.29 is 15.0 Å². The van der Waals surface area contributed by atoms with E-state index >= 15 is 0 Å². The molecule has 0 aliphatic rings. The molecule has 0 aliphatic carbocycles. The number of hydrogen-bond donors (Lipinski definition) is 3. The van der Waals surface area contributed by atoms with Gasteiger partial charge in [-0.05, 0) is 42.8 Å². The van der Waals surface area contributed by atoms with Gasteiger partial charge in [-0.2, -0.15) is 0 Å². The maximum Gasteiger partial charge on any atom is 0.181 e. The Morgan fingerprint density at radius 1 is 1.11 bits per heavy atom. The van der Waals surface area contributed by atoms with Gasteiger partial charge in [0, 0.05) is 11.3 Å². The number of nitrogens with one attached hydrogen (secondary N) is 1. The lowest BCUT2D eigenvalue weighted by Crippen LogP contribution is -2.13. The van der Waals surface area contributed by atoms with Gasteiger partial charge in [-0.15, -0.1) is 0 Å². The minimum absolute atomic E-state index is 0.133. The van der Waals surface area contributed by atoms with E-state index < -0.39 is 0 Å². The Hall–Kier alpha value is -2.49. The Balaban J connectivity index is 2.03. The van der Waals surface area contributed by atoms with Gasteiger partial charge >= 0.3 is 0 Å². The van der Waals surface area contributed by atoms with Crippen LogP contribution in [0.4, 0.5) is 5.69 Å². The number of phenols is 2. The lowest BCUT2D eigenvalue weighted by Gasteiger charge is -2.07. The van der Waals surface area contributed by atoms with E-state index in [-0.39, 0.29) is 23.8 Å². The van der Waals surface area contributed by atoms with E-state index in [1.807, 2.05) is 31.2 Å². The quantitative estimate of drug-likeness (QED) is 0.582. The largest absolute Gasteiger partial charge is 0.504 e. The first-order valence-electron chi connectivity index (χ1n) is 5.92. The van der Waals surface area contributed by atoms with Gasteiger partial charge in [-0.1, -0.05) is 12.1 Å². The second kappa shape index (κ2) is 5.44. The molecule has 3 N–H and O–H groups in total. The summed E-state index contributed by atoms with van der Waals surface area (Å²) in [6, 6.07) is 11.8. The van der Waals surface area contributed by atoms with Crippen molar-refractivity contribution >= 4 is 11.5 Å². The molecule has 0 saturated carbocycles. The van der Waals surface area contributed by atoms with Crippen LogP contribution in [0.15, 0.2) is 42.5 Å². The fourth-order valence-electron chi connectivity index (χ4n) is 1.74. The molecule has 2 aromatic carbocycles. The number of rotatable bonds is 4. The number of ketones is 1. The fourth-order valence-corrected chi connectivity index (χ4v) is 1.74. The summed E-state index contributed by atoms with van der Waals surface area (Å²) in [7, 11) is 0. The predicted octanol–water partition coefficient (Wildman–Crippen LogP) is 2.70. The maximum absolute atomic E-state index is 11.9. The molecule has 0 atom stereocenters. The Kier molecular flexibility index (Phi) is 3.71. The standard InChI is InChI=1S/C15H15NO3/c1-10-3-2-4-12(7-10)16-9-15(19)11-5-6-13(17)14(18)8-11/h2-8,16-18H,9H2,1H3. The van der Waals surface area contributed by atoms with Crippen molar-refractivity contribution in [3.8, 4) is 11.5 Å². The number of carbonyl (C=O) groups is 1. The molecule has 98 valence electrons. The van der Waals surface area contributed by atoms with Crippen LogP contribution >= 0.6 is 0 Å². The lowest BCUT2D eigenvalue weighted by atomic mass is 10.1. The zero-order chi connectivity index (χ0) is 13.8. The van der Waals surface area contributed by atoms with Crippen molar-refractivity contribution in [3.63, 3.8) is 0 Å². The number of aryl methyl sites for hydroxylation is 1. The number of phenolic OH excluding ortho intramolecular Hbond substituents is 2. The van der Waals surface area contributed by atoms with Gasteiger partial charge in [-0.3, -0.25) is 4.79 Å². The van der Waals surface area contributed by atoms with Crippen molar-refractivity contribution in [1.29, 1.82) is 0 Å². The van der Waals surface area contributed by atoms with E-state index in [2.05, 4.69) is 5.32 Å². The van der Waals surface area contributed by atoms with Crippen LogP contribution in [0.3, 0.4) is 0 Å². The highest BCUT2D eigenvalue weighted by Crippen LogP contribution is 2.25. The van der Waals surface area contributed by atoms with E-state index in [4.69, 9.17) is 0 Å². The summed E-state index contributed by atoms with van der Waals surface area (Å²) in [5.41, 5.74) is 2.34. The number of benzene rings is 2. The lowest BCUT2D eigenvalue weighted by molar-refractivity contribution is 0.101. The molecule has 0 radical (unpaired) electrons. The Labute approximate surface area is 111 Å². The molecular formula is C15H15NO3. The third-order valence-corrected chi connectivity index (χ3v) is 2.77. The van der Waals surface area contributed by atoms with Crippen LogP contribution in [0, 0.1) is 6.92 Å². The monoisotopic (exact) mass is 257 g/mol. The van der Waals surface area contributed by atoms with Gasteiger partial charge in [0.25, 0.3) is 0 Å². The molecule has 0 aromatic heterocycles. The van der Waals surface area contributed by atoms with Crippen LogP contribution in [0.25, 0.3) is 0 Å². The molecule has 2 aromatic rings. The van der Waals surface area contributed by atoms with E-state index in [9.17, 15) is 15.0 Å². The Bertz CT molecular complexity index is 608. The van der Waals surface area contributed by atoms with Crippen LogP contribution in [0.1, 0.15) is 15.9 Å². The molecule has 0 spiro atoms. The first-order chi connectivity index (χ1) is 9.06.